The topological polar surface area (TPSA) is 49.9 Å². The van der Waals surface area contributed by atoms with Crippen LogP contribution in [0.5, 0.6) is 5.75 Å². The van der Waals surface area contributed by atoms with Gasteiger partial charge in [0.05, 0.1) is 13.2 Å². The summed E-state index contributed by atoms with van der Waals surface area (Å²) in [4.78, 5) is 28.5. The molecule has 1 unspecified atom stereocenters. The monoisotopic (exact) mass is 366 g/mol. The van der Waals surface area contributed by atoms with Crippen molar-refractivity contribution in [2.45, 2.75) is 32.2 Å². The van der Waals surface area contributed by atoms with Crippen molar-refractivity contribution in [2.75, 3.05) is 25.6 Å². The van der Waals surface area contributed by atoms with Gasteiger partial charge in [0.15, 0.2) is 0 Å². The summed E-state index contributed by atoms with van der Waals surface area (Å²) in [6.45, 7) is 2.73. The predicted octanol–water partition coefficient (Wildman–Crippen LogP) is 4.05. The van der Waals surface area contributed by atoms with Gasteiger partial charge < -0.3 is 14.5 Å². The van der Waals surface area contributed by atoms with Crippen molar-refractivity contribution in [1.82, 2.24) is 4.90 Å². The summed E-state index contributed by atoms with van der Waals surface area (Å²) in [6, 6.07) is 14.9. The maximum atomic E-state index is 12.9. The van der Waals surface area contributed by atoms with E-state index in [2.05, 4.69) is 0 Å². The lowest BCUT2D eigenvalue weighted by molar-refractivity contribution is -0.119. The van der Waals surface area contributed by atoms with Crippen LogP contribution in [0, 0.1) is 0 Å². The molecule has 5 nitrogen and oxygen atoms in total. The number of methoxy groups -OCH3 is 1. The van der Waals surface area contributed by atoms with Crippen molar-refractivity contribution in [3.63, 3.8) is 0 Å². The van der Waals surface area contributed by atoms with Crippen LogP contribution < -0.4 is 9.64 Å². The predicted molar refractivity (Wildman–Crippen MR) is 106 cm³/mol. The van der Waals surface area contributed by atoms with E-state index in [0.29, 0.717) is 12.0 Å². The van der Waals surface area contributed by atoms with Crippen LogP contribution in [0.2, 0.25) is 0 Å². The number of piperidine rings is 1. The Morgan fingerprint density at radius 1 is 1.11 bits per heavy atom. The fraction of sp³-hybridized carbons (Fsp3) is 0.364. The molecule has 5 heteroatoms. The first-order valence-corrected chi connectivity index (χ1v) is 9.33. The Labute approximate surface area is 160 Å². The molecule has 3 rings (SSSR count). The van der Waals surface area contributed by atoms with Crippen molar-refractivity contribution in [3.8, 4) is 5.75 Å². The van der Waals surface area contributed by atoms with Gasteiger partial charge in [-0.15, -0.1) is 0 Å². The molecule has 0 bridgehead atoms. The fourth-order valence-electron chi connectivity index (χ4n) is 3.46. The zero-order chi connectivity index (χ0) is 19.4. The number of hydrogen-bond donors (Lipinski definition) is 0. The summed E-state index contributed by atoms with van der Waals surface area (Å²) in [6.07, 6.45) is 2.57. The lowest BCUT2D eigenvalue weighted by Crippen LogP contribution is -2.35. The molecule has 0 aliphatic carbocycles. The minimum atomic E-state index is -0.128. The molecular formula is C22H26N2O3. The minimum Gasteiger partial charge on any atom is -0.496 e. The molecule has 1 saturated heterocycles. The third-order valence-electron chi connectivity index (χ3n) is 5.24. The van der Waals surface area contributed by atoms with Crippen LogP contribution in [-0.4, -0.2) is 37.4 Å². The lowest BCUT2D eigenvalue weighted by atomic mass is 10.0. The van der Waals surface area contributed by atoms with Gasteiger partial charge in [0.1, 0.15) is 5.75 Å². The molecular weight excluding hydrogens is 340 g/mol. The number of ether oxygens (including phenoxy) is 1. The van der Waals surface area contributed by atoms with E-state index in [0.717, 1.165) is 36.4 Å². The molecule has 2 aromatic carbocycles. The van der Waals surface area contributed by atoms with Crippen molar-refractivity contribution in [2.24, 2.45) is 0 Å². The molecule has 142 valence electrons. The molecule has 0 aromatic heterocycles. The molecule has 27 heavy (non-hydrogen) atoms. The minimum absolute atomic E-state index is 0.0649. The van der Waals surface area contributed by atoms with Crippen molar-refractivity contribution >= 4 is 17.5 Å². The molecule has 1 heterocycles. The highest BCUT2D eigenvalue weighted by molar-refractivity contribution is 5.97. The first-order chi connectivity index (χ1) is 13.0. The maximum absolute atomic E-state index is 12.9. The molecule has 2 amide bonds. The molecule has 0 N–H and O–H groups in total. The van der Waals surface area contributed by atoms with Crippen LogP contribution >= 0.6 is 0 Å². The van der Waals surface area contributed by atoms with Gasteiger partial charge in [0, 0.05) is 36.8 Å². The summed E-state index contributed by atoms with van der Waals surface area (Å²) in [5, 5.41) is 0. The molecule has 0 spiro atoms. The summed E-state index contributed by atoms with van der Waals surface area (Å²) < 4.78 is 5.42. The number of hydrogen-bond acceptors (Lipinski definition) is 3. The first-order valence-electron chi connectivity index (χ1n) is 9.33. The summed E-state index contributed by atoms with van der Waals surface area (Å²) in [5.41, 5.74) is 2.43. The number of rotatable bonds is 5. The SMILES string of the molecule is COc1ccccc1C(C)N(C)C(=O)c1ccc(N2CCCCC2=O)cc1. The van der Waals surface area contributed by atoms with Gasteiger partial charge in [0.2, 0.25) is 5.91 Å². The maximum Gasteiger partial charge on any atom is 0.254 e. The third-order valence-corrected chi connectivity index (χ3v) is 5.24. The second-order valence-electron chi connectivity index (χ2n) is 6.88. The van der Waals surface area contributed by atoms with Crippen LogP contribution in [-0.2, 0) is 4.79 Å². The molecule has 0 saturated carbocycles. The lowest BCUT2D eigenvalue weighted by Gasteiger charge is -2.28. The number of anilines is 1. The largest absolute Gasteiger partial charge is 0.496 e. The fourth-order valence-corrected chi connectivity index (χ4v) is 3.46. The van der Waals surface area contributed by atoms with Crippen LogP contribution in [0.4, 0.5) is 5.69 Å². The third kappa shape index (κ3) is 3.97. The number of amides is 2. The number of nitrogens with zero attached hydrogens (tertiary/aromatic N) is 2. The summed E-state index contributed by atoms with van der Waals surface area (Å²) >= 11 is 0. The van der Waals surface area contributed by atoms with Crippen molar-refractivity contribution in [1.29, 1.82) is 0 Å². The zero-order valence-corrected chi connectivity index (χ0v) is 16.1. The first kappa shape index (κ1) is 19.0. The second-order valence-corrected chi connectivity index (χ2v) is 6.88. The van der Waals surface area contributed by atoms with Gasteiger partial charge in [-0.05, 0) is 50.1 Å². The van der Waals surface area contributed by atoms with E-state index >= 15 is 0 Å². The molecule has 1 atom stereocenters. The number of para-hydroxylation sites is 1. The highest BCUT2D eigenvalue weighted by Crippen LogP contribution is 2.29. The van der Waals surface area contributed by atoms with Gasteiger partial charge in [0.25, 0.3) is 5.91 Å². The van der Waals surface area contributed by atoms with E-state index in [-0.39, 0.29) is 17.9 Å². The Morgan fingerprint density at radius 3 is 2.48 bits per heavy atom. The Bertz CT molecular complexity index is 817. The number of benzene rings is 2. The number of carbonyl (C=O) groups excluding carboxylic acids is 2. The van der Waals surface area contributed by atoms with E-state index in [1.165, 1.54) is 0 Å². The van der Waals surface area contributed by atoms with Crippen LogP contribution in [0.25, 0.3) is 0 Å². The smallest absolute Gasteiger partial charge is 0.254 e. The van der Waals surface area contributed by atoms with E-state index in [1.807, 2.05) is 43.3 Å². The molecule has 1 aliphatic rings. The Morgan fingerprint density at radius 2 is 1.81 bits per heavy atom. The molecule has 1 aliphatic heterocycles. The van der Waals surface area contributed by atoms with Gasteiger partial charge in [-0.1, -0.05) is 18.2 Å². The summed E-state index contributed by atoms with van der Waals surface area (Å²) in [7, 11) is 3.43. The van der Waals surface area contributed by atoms with Crippen LogP contribution in [0.15, 0.2) is 48.5 Å². The highest BCUT2D eigenvalue weighted by Gasteiger charge is 2.23. The average molecular weight is 366 g/mol. The average Bonchev–Trinajstić information content (AvgIpc) is 2.72. The van der Waals surface area contributed by atoms with Crippen LogP contribution in [0.1, 0.15) is 48.1 Å². The normalized spacial score (nSPS) is 15.4. The summed E-state index contributed by atoms with van der Waals surface area (Å²) in [5.74, 6) is 0.857. The zero-order valence-electron chi connectivity index (χ0n) is 16.1. The van der Waals surface area contributed by atoms with Crippen molar-refractivity contribution < 1.29 is 14.3 Å². The van der Waals surface area contributed by atoms with Gasteiger partial charge in [-0.2, -0.15) is 0 Å². The highest BCUT2D eigenvalue weighted by atomic mass is 16.5. The molecule has 1 fully saturated rings. The van der Waals surface area contributed by atoms with Gasteiger partial charge >= 0.3 is 0 Å². The van der Waals surface area contributed by atoms with E-state index in [1.54, 1.807) is 36.1 Å². The Kier molecular flexibility index (Phi) is 5.79. The molecule has 0 radical (unpaired) electrons. The standard InChI is InChI=1S/C22H26N2O3/c1-16(19-8-4-5-9-20(19)27-3)23(2)22(26)17-11-13-18(14-12-17)24-15-7-6-10-21(24)25/h4-5,8-9,11-14,16H,6-7,10,15H2,1-3H3. The second kappa shape index (κ2) is 8.25. The number of carbonyl (C=O) groups is 2. The van der Waals surface area contributed by atoms with Gasteiger partial charge in [-0.25, -0.2) is 0 Å². The van der Waals surface area contributed by atoms with Crippen LogP contribution in [0.3, 0.4) is 0 Å². The quantitative estimate of drug-likeness (QED) is 0.802. The Balaban J connectivity index is 1.75. The van der Waals surface area contributed by atoms with Crippen molar-refractivity contribution in [3.05, 3.63) is 59.7 Å². The van der Waals surface area contributed by atoms with Gasteiger partial charge in [-0.3, -0.25) is 9.59 Å². The van der Waals surface area contributed by atoms with E-state index < -0.39 is 0 Å². The molecule has 2 aromatic rings. The Hall–Kier alpha value is -2.82. The van der Waals surface area contributed by atoms with E-state index in [9.17, 15) is 9.59 Å². The van der Waals surface area contributed by atoms with E-state index in [4.69, 9.17) is 4.74 Å².